The number of phenols is 1. The van der Waals surface area contributed by atoms with Crippen LogP contribution in [0.5, 0.6) is 5.75 Å². The van der Waals surface area contributed by atoms with E-state index >= 15 is 0 Å². The Balaban J connectivity index is 0.00000242. The predicted molar refractivity (Wildman–Crippen MR) is 102 cm³/mol. The molecule has 0 aliphatic heterocycles. The highest BCUT2D eigenvalue weighted by Crippen LogP contribution is 2.10. The van der Waals surface area contributed by atoms with Crippen LogP contribution in [0.4, 0.5) is 0 Å². The quantitative estimate of drug-likeness (QED) is 0.389. The lowest BCUT2D eigenvalue weighted by atomic mass is 10.1. The van der Waals surface area contributed by atoms with Crippen molar-refractivity contribution in [3.8, 4) is 5.75 Å². The van der Waals surface area contributed by atoms with Gasteiger partial charge < -0.3 is 16.2 Å². The van der Waals surface area contributed by atoms with Crippen molar-refractivity contribution < 1.29 is 5.11 Å². The first-order chi connectivity index (χ1) is 10.2. The molecule has 0 fully saturated rings. The summed E-state index contributed by atoms with van der Waals surface area (Å²) in [7, 11) is 0. The van der Waals surface area contributed by atoms with Gasteiger partial charge in [0.2, 0.25) is 0 Å². The highest BCUT2D eigenvalue weighted by Gasteiger charge is 1.96. The summed E-state index contributed by atoms with van der Waals surface area (Å²) in [5.41, 5.74) is 8.15. The number of aliphatic imine (C=N–C) groups is 1. The number of phenolic OH excluding ortho intramolecular Hbond substituents is 1. The molecule has 0 atom stereocenters. The smallest absolute Gasteiger partial charge is 0.188 e. The van der Waals surface area contributed by atoms with Crippen LogP contribution in [0, 0.1) is 0 Å². The first-order valence-electron chi connectivity index (χ1n) is 7.09. The van der Waals surface area contributed by atoms with Gasteiger partial charge in [0, 0.05) is 13.1 Å². The van der Waals surface area contributed by atoms with E-state index in [2.05, 4.69) is 22.4 Å². The highest BCUT2D eigenvalue weighted by molar-refractivity contribution is 14.0. The van der Waals surface area contributed by atoms with Gasteiger partial charge in [0.1, 0.15) is 5.75 Å². The third kappa shape index (κ3) is 6.80. The summed E-state index contributed by atoms with van der Waals surface area (Å²) in [6, 6.07) is 17.4. The monoisotopic (exact) mass is 411 g/mol. The molecular weight excluding hydrogens is 389 g/mol. The number of nitrogens with one attached hydrogen (secondary N) is 1. The van der Waals surface area contributed by atoms with Gasteiger partial charge in [0.25, 0.3) is 0 Å². The molecule has 2 rings (SSSR count). The van der Waals surface area contributed by atoms with Crippen molar-refractivity contribution >= 4 is 29.9 Å². The summed E-state index contributed by atoms with van der Waals surface area (Å²) in [6.07, 6.45) is 1.68. The Bertz CT molecular complexity index is 587. The standard InChI is InChI=1S/C17H21N3O.HI/c18-17(19-11-9-14-5-2-1-3-6-14)20-12-10-15-7-4-8-16(21)13-15;/h1-8,13,21H,9-12H2,(H3,18,19,20);1H. The zero-order valence-corrected chi connectivity index (χ0v) is 14.7. The lowest BCUT2D eigenvalue weighted by Gasteiger charge is -2.06. The maximum absolute atomic E-state index is 9.38. The molecule has 0 heterocycles. The fourth-order valence-electron chi connectivity index (χ4n) is 2.05. The number of aromatic hydroxyl groups is 1. The zero-order valence-electron chi connectivity index (χ0n) is 12.4. The van der Waals surface area contributed by atoms with Gasteiger partial charge >= 0.3 is 0 Å². The number of rotatable bonds is 6. The Morgan fingerprint density at radius 2 is 1.73 bits per heavy atom. The van der Waals surface area contributed by atoms with Gasteiger partial charge in [-0.15, -0.1) is 24.0 Å². The van der Waals surface area contributed by atoms with Gasteiger partial charge in [-0.1, -0.05) is 42.5 Å². The molecule has 0 unspecified atom stereocenters. The van der Waals surface area contributed by atoms with E-state index in [9.17, 15) is 5.11 Å². The highest BCUT2D eigenvalue weighted by atomic mass is 127. The van der Waals surface area contributed by atoms with Crippen LogP contribution in [-0.2, 0) is 12.8 Å². The second-order valence-corrected chi connectivity index (χ2v) is 4.85. The van der Waals surface area contributed by atoms with Gasteiger partial charge in [-0.3, -0.25) is 4.99 Å². The minimum atomic E-state index is 0. The summed E-state index contributed by atoms with van der Waals surface area (Å²) >= 11 is 0. The van der Waals surface area contributed by atoms with Crippen molar-refractivity contribution in [2.24, 2.45) is 10.7 Å². The Hall–Kier alpha value is -1.76. The van der Waals surface area contributed by atoms with Crippen LogP contribution in [0.15, 0.2) is 59.6 Å². The zero-order chi connectivity index (χ0) is 14.9. The van der Waals surface area contributed by atoms with Crippen molar-refractivity contribution in [2.45, 2.75) is 12.8 Å². The largest absolute Gasteiger partial charge is 0.508 e. The van der Waals surface area contributed by atoms with E-state index in [1.54, 1.807) is 12.1 Å². The number of nitrogens with two attached hydrogens (primary N) is 1. The fraction of sp³-hybridized carbons (Fsp3) is 0.235. The molecule has 4 N–H and O–H groups in total. The Morgan fingerprint density at radius 3 is 2.45 bits per heavy atom. The Morgan fingerprint density at radius 1 is 1.00 bits per heavy atom. The number of hydrogen-bond donors (Lipinski definition) is 3. The molecule has 118 valence electrons. The number of nitrogens with zero attached hydrogens (tertiary/aromatic N) is 1. The van der Waals surface area contributed by atoms with Crippen LogP contribution in [0.1, 0.15) is 11.1 Å². The molecule has 2 aromatic carbocycles. The van der Waals surface area contributed by atoms with Crippen LogP contribution >= 0.6 is 24.0 Å². The average Bonchev–Trinajstić information content (AvgIpc) is 2.48. The molecule has 5 heteroatoms. The normalized spacial score (nSPS) is 10.8. The molecule has 0 saturated carbocycles. The minimum Gasteiger partial charge on any atom is -0.508 e. The van der Waals surface area contributed by atoms with Gasteiger partial charge in [-0.2, -0.15) is 0 Å². The van der Waals surface area contributed by atoms with Gasteiger partial charge in [-0.25, -0.2) is 0 Å². The van der Waals surface area contributed by atoms with Crippen LogP contribution in [0.2, 0.25) is 0 Å². The number of hydrogen-bond acceptors (Lipinski definition) is 2. The van der Waals surface area contributed by atoms with Crippen LogP contribution < -0.4 is 11.1 Å². The van der Waals surface area contributed by atoms with E-state index in [0.29, 0.717) is 19.0 Å². The molecule has 0 radical (unpaired) electrons. The van der Waals surface area contributed by atoms with E-state index in [1.165, 1.54) is 5.56 Å². The third-order valence-electron chi connectivity index (χ3n) is 3.16. The molecule has 0 aromatic heterocycles. The SMILES string of the molecule is I.NC(=NCCc1ccccc1)NCCc1cccc(O)c1. The molecule has 0 spiro atoms. The number of benzene rings is 2. The van der Waals surface area contributed by atoms with Crippen LogP contribution in [0.3, 0.4) is 0 Å². The molecule has 0 amide bonds. The molecule has 4 nitrogen and oxygen atoms in total. The molecule has 0 aliphatic carbocycles. The second kappa shape index (κ2) is 10.0. The summed E-state index contributed by atoms with van der Waals surface area (Å²) in [5.74, 6) is 0.753. The van der Waals surface area contributed by atoms with Gasteiger partial charge in [0.15, 0.2) is 5.96 Å². The fourth-order valence-corrected chi connectivity index (χ4v) is 2.05. The van der Waals surface area contributed by atoms with Crippen molar-refractivity contribution in [1.82, 2.24) is 5.32 Å². The lowest BCUT2D eigenvalue weighted by molar-refractivity contribution is 0.474. The third-order valence-corrected chi connectivity index (χ3v) is 3.16. The maximum atomic E-state index is 9.38. The van der Waals surface area contributed by atoms with Crippen LogP contribution in [-0.4, -0.2) is 24.2 Å². The van der Waals surface area contributed by atoms with Gasteiger partial charge in [0.05, 0.1) is 0 Å². The lowest BCUT2D eigenvalue weighted by Crippen LogP contribution is -2.33. The molecule has 0 aliphatic rings. The van der Waals surface area contributed by atoms with Crippen molar-refractivity contribution in [3.05, 3.63) is 65.7 Å². The first kappa shape index (κ1) is 18.3. The summed E-state index contributed by atoms with van der Waals surface area (Å²) < 4.78 is 0. The summed E-state index contributed by atoms with van der Waals surface area (Å²) in [4.78, 5) is 4.30. The Labute approximate surface area is 148 Å². The molecular formula is C17H22IN3O. The van der Waals surface area contributed by atoms with E-state index in [-0.39, 0.29) is 29.7 Å². The Kier molecular flexibility index (Phi) is 8.35. The second-order valence-electron chi connectivity index (χ2n) is 4.85. The van der Waals surface area contributed by atoms with Crippen molar-refractivity contribution in [3.63, 3.8) is 0 Å². The minimum absolute atomic E-state index is 0. The van der Waals surface area contributed by atoms with E-state index in [1.807, 2.05) is 30.3 Å². The molecule has 2 aromatic rings. The molecule has 22 heavy (non-hydrogen) atoms. The van der Waals surface area contributed by atoms with E-state index in [0.717, 1.165) is 18.4 Å². The summed E-state index contributed by atoms with van der Waals surface area (Å²) in [6.45, 7) is 1.37. The topological polar surface area (TPSA) is 70.6 Å². The van der Waals surface area contributed by atoms with Crippen molar-refractivity contribution in [1.29, 1.82) is 0 Å². The first-order valence-corrected chi connectivity index (χ1v) is 7.09. The maximum Gasteiger partial charge on any atom is 0.188 e. The number of guanidine groups is 1. The van der Waals surface area contributed by atoms with E-state index < -0.39 is 0 Å². The molecule has 0 saturated heterocycles. The average molecular weight is 411 g/mol. The van der Waals surface area contributed by atoms with Gasteiger partial charge in [-0.05, 0) is 36.1 Å². The van der Waals surface area contributed by atoms with Crippen molar-refractivity contribution in [2.75, 3.05) is 13.1 Å². The molecule has 0 bridgehead atoms. The number of halogens is 1. The van der Waals surface area contributed by atoms with Crippen LogP contribution in [0.25, 0.3) is 0 Å². The van der Waals surface area contributed by atoms with E-state index in [4.69, 9.17) is 5.73 Å². The summed E-state index contributed by atoms with van der Waals surface area (Å²) in [5, 5.41) is 12.5. The predicted octanol–water partition coefficient (Wildman–Crippen LogP) is 2.70.